The molecule has 0 saturated heterocycles. The number of anilines is 3. The van der Waals surface area contributed by atoms with E-state index in [1.54, 1.807) is 7.11 Å². The van der Waals surface area contributed by atoms with Crippen molar-refractivity contribution < 1.29 is 4.74 Å². The Morgan fingerprint density at radius 2 is 1.00 bits per heavy atom. The molecule has 4 heteroatoms. The predicted molar refractivity (Wildman–Crippen MR) is 160 cm³/mol. The smallest absolute Gasteiger partial charge is 0.119 e. The minimum Gasteiger partial charge on any atom is -0.497 e. The topological polar surface area (TPSA) is 60.0 Å². The Hall–Kier alpha value is -5.32. The molecule has 1 aliphatic heterocycles. The lowest BCUT2D eigenvalue weighted by molar-refractivity contribution is 0.415. The third kappa shape index (κ3) is 4.17. The molecule has 1 heterocycles. The summed E-state index contributed by atoms with van der Waals surface area (Å²) in [5, 5.41) is 18.5. The molecule has 0 radical (unpaired) electrons. The summed E-state index contributed by atoms with van der Waals surface area (Å²) in [4.78, 5) is 2.32. The fraction of sp³-hybridized carbons (Fsp3) is 0.111. The van der Waals surface area contributed by atoms with Crippen molar-refractivity contribution >= 4 is 17.1 Å². The first-order valence-electron chi connectivity index (χ1n) is 13.2. The molecule has 5 aromatic rings. The van der Waals surface area contributed by atoms with Crippen molar-refractivity contribution in [3.8, 4) is 40.1 Å². The highest BCUT2D eigenvalue weighted by Crippen LogP contribution is 2.53. The molecule has 0 spiro atoms. The minimum atomic E-state index is -0.293. The van der Waals surface area contributed by atoms with Crippen LogP contribution in [-0.4, -0.2) is 7.11 Å². The van der Waals surface area contributed by atoms with Crippen LogP contribution in [0.2, 0.25) is 0 Å². The maximum Gasteiger partial charge on any atom is 0.119 e. The van der Waals surface area contributed by atoms with Gasteiger partial charge in [-0.2, -0.15) is 10.5 Å². The second-order valence-electron chi connectivity index (χ2n) is 10.5. The van der Waals surface area contributed by atoms with Gasteiger partial charge >= 0.3 is 0 Å². The van der Waals surface area contributed by atoms with Crippen LogP contribution in [0.5, 0.6) is 5.75 Å². The van der Waals surface area contributed by atoms with Crippen LogP contribution < -0.4 is 9.64 Å². The van der Waals surface area contributed by atoms with Crippen molar-refractivity contribution in [1.29, 1.82) is 10.5 Å². The minimum absolute atomic E-state index is 0.293. The molecule has 40 heavy (non-hydrogen) atoms. The Labute approximate surface area is 235 Å². The van der Waals surface area contributed by atoms with Crippen molar-refractivity contribution in [2.45, 2.75) is 19.3 Å². The van der Waals surface area contributed by atoms with E-state index in [9.17, 15) is 10.5 Å². The number of benzene rings is 5. The molecule has 0 aromatic heterocycles. The average Bonchev–Trinajstić information content (AvgIpc) is 3.01. The van der Waals surface area contributed by atoms with Gasteiger partial charge in [-0.3, -0.25) is 0 Å². The van der Waals surface area contributed by atoms with Gasteiger partial charge in [0.1, 0.15) is 5.75 Å². The molecule has 4 nitrogen and oxygen atoms in total. The quantitative estimate of drug-likeness (QED) is 0.239. The monoisotopic (exact) mass is 517 g/mol. The zero-order chi connectivity index (χ0) is 27.9. The lowest BCUT2D eigenvalue weighted by Crippen LogP contribution is -2.30. The molecule has 0 amide bonds. The normalized spacial score (nSPS) is 13.0. The molecule has 5 aromatic carbocycles. The lowest BCUT2D eigenvalue weighted by Gasteiger charge is -2.42. The summed E-state index contributed by atoms with van der Waals surface area (Å²) in [6.07, 6.45) is 0. The van der Waals surface area contributed by atoms with Gasteiger partial charge in [-0.1, -0.05) is 50.2 Å². The van der Waals surface area contributed by atoms with Gasteiger partial charge in [0, 0.05) is 11.1 Å². The fourth-order valence-corrected chi connectivity index (χ4v) is 5.58. The van der Waals surface area contributed by atoms with Crippen LogP contribution in [0.4, 0.5) is 17.1 Å². The van der Waals surface area contributed by atoms with Crippen LogP contribution in [0, 0.1) is 22.7 Å². The first-order chi connectivity index (χ1) is 19.4. The number of fused-ring (bicyclic) bond motifs is 2. The van der Waals surface area contributed by atoms with Crippen LogP contribution >= 0.6 is 0 Å². The maximum absolute atomic E-state index is 9.24. The molecule has 192 valence electrons. The van der Waals surface area contributed by atoms with Crippen molar-refractivity contribution in [3.05, 3.63) is 131 Å². The summed E-state index contributed by atoms with van der Waals surface area (Å²) in [6, 6.07) is 41.3. The van der Waals surface area contributed by atoms with Gasteiger partial charge in [0.2, 0.25) is 0 Å². The van der Waals surface area contributed by atoms with E-state index in [0.717, 1.165) is 45.1 Å². The summed E-state index contributed by atoms with van der Waals surface area (Å²) < 4.78 is 5.43. The van der Waals surface area contributed by atoms with Crippen LogP contribution in [0.15, 0.2) is 109 Å². The van der Waals surface area contributed by atoms with Gasteiger partial charge in [0.05, 0.1) is 41.7 Å². The van der Waals surface area contributed by atoms with Crippen LogP contribution in [0.1, 0.15) is 36.1 Å². The number of methoxy groups -OCH3 is 1. The third-order valence-corrected chi connectivity index (χ3v) is 7.85. The van der Waals surface area contributed by atoms with Crippen molar-refractivity contribution in [3.63, 3.8) is 0 Å². The van der Waals surface area contributed by atoms with E-state index in [4.69, 9.17) is 4.74 Å². The van der Waals surface area contributed by atoms with Gasteiger partial charge in [-0.15, -0.1) is 0 Å². The molecule has 0 aliphatic carbocycles. The molecule has 6 rings (SSSR count). The molecule has 0 unspecified atom stereocenters. The molecular weight excluding hydrogens is 490 g/mol. The van der Waals surface area contributed by atoms with Crippen LogP contribution in [-0.2, 0) is 5.41 Å². The molecule has 0 atom stereocenters. The highest BCUT2D eigenvalue weighted by Gasteiger charge is 2.37. The van der Waals surface area contributed by atoms with Gasteiger partial charge < -0.3 is 9.64 Å². The van der Waals surface area contributed by atoms with Gasteiger partial charge in [0.15, 0.2) is 0 Å². The number of rotatable bonds is 4. The second kappa shape index (κ2) is 9.77. The van der Waals surface area contributed by atoms with Crippen molar-refractivity contribution in [2.75, 3.05) is 12.0 Å². The lowest BCUT2D eigenvalue weighted by atomic mass is 9.72. The first-order valence-corrected chi connectivity index (χ1v) is 13.2. The van der Waals surface area contributed by atoms with Gasteiger partial charge in [0.25, 0.3) is 0 Å². The summed E-state index contributed by atoms with van der Waals surface area (Å²) in [6.45, 7) is 4.56. The maximum atomic E-state index is 9.24. The summed E-state index contributed by atoms with van der Waals surface area (Å²) in [5.41, 5.74) is 11.1. The SMILES string of the molecule is COc1ccc(N2c3ccc(-c4ccc(C#N)cc4)cc3C(C)(C)c3cc(-c4ccc(C#N)cc4)ccc32)cc1. The van der Waals surface area contributed by atoms with Gasteiger partial charge in [-0.05, 0) is 106 Å². The third-order valence-electron chi connectivity index (χ3n) is 7.85. The largest absolute Gasteiger partial charge is 0.497 e. The Morgan fingerprint density at radius 1 is 0.575 bits per heavy atom. The zero-order valence-electron chi connectivity index (χ0n) is 22.6. The van der Waals surface area contributed by atoms with E-state index in [1.807, 2.05) is 60.7 Å². The van der Waals surface area contributed by atoms with Gasteiger partial charge in [-0.25, -0.2) is 0 Å². The average molecular weight is 518 g/mol. The number of hydrogen-bond acceptors (Lipinski definition) is 4. The number of hydrogen-bond donors (Lipinski definition) is 0. The van der Waals surface area contributed by atoms with E-state index in [1.165, 1.54) is 11.1 Å². The van der Waals surface area contributed by atoms with E-state index < -0.39 is 0 Å². The number of nitrogens with zero attached hydrogens (tertiary/aromatic N) is 3. The molecule has 0 saturated carbocycles. The molecule has 0 bridgehead atoms. The number of ether oxygens (including phenoxy) is 1. The standard InChI is InChI=1S/C36H27N3O/c1-36(2)32-20-28(26-8-4-24(22-37)5-9-26)12-18-34(32)39(30-14-16-31(40-3)17-15-30)35-19-13-29(21-33(35)36)27-10-6-25(23-38)7-11-27/h4-21H,1-3H3. The van der Waals surface area contributed by atoms with Crippen LogP contribution in [0.3, 0.4) is 0 Å². The molecule has 0 fully saturated rings. The molecule has 1 aliphatic rings. The van der Waals surface area contributed by atoms with E-state index in [0.29, 0.717) is 11.1 Å². The summed E-state index contributed by atoms with van der Waals surface area (Å²) in [7, 11) is 1.68. The van der Waals surface area contributed by atoms with E-state index in [-0.39, 0.29) is 5.41 Å². The molecular formula is C36H27N3O. The Bertz CT molecular complexity index is 1690. The van der Waals surface area contributed by atoms with E-state index >= 15 is 0 Å². The van der Waals surface area contributed by atoms with Crippen molar-refractivity contribution in [2.24, 2.45) is 0 Å². The summed E-state index contributed by atoms with van der Waals surface area (Å²) >= 11 is 0. The molecule has 0 N–H and O–H groups in total. The van der Waals surface area contributed by atoms with E-state index in [2.05, 4.69) is 79.4 Å². The highest BCUT2D eigenvalue weighted by molar-refractivity contribution is 5.89. The first kappa shape index (κ1) is 25.0. The Kier molecular flexibility index (Phi) is 6.10. The van der Waals surface area contributed by atoms with Crippen LogP contribution in [0.25, 0.3) is 22.3 Å². The Morgan fingerprint density at radius 3 is 1.40 bits per heavy atom. The zero-order valence-corrected chi connectivity index (χ0v) is 22.6. The second-order valence-corrected chi connectivity index (χ2v) is 10.5. The summed E-state index contributed by atoms with van der Waals surface area (Å²) in [5.74, 6) is 0.814. The number of nitriles is 2. The van der Waals surface area contributed by atoms with Crippen molar-refractivity contribution in [1.82, 2.24) is 0 Å². The Balaban J connectivity index is 1.54. The predicted octanol–water partition coefficient (Wildman–Crippen LogP) is 8.88. The highest BCUT2D eigenvalue weighted by atomic mass is 16.5. The fourth-order valence-electron chi connectivity index (χ4n) is 5.58.